The topological polar surface area (TPSA) is 76.1 Å². The number of nitrogens with zero attached hydrogens (tertiary/aromatic N) is 1. The second kappa shape index (κ2) is 8.82. The van der Waals surface area contributed by atoms with Crippen molar-refractivity contribution < 1.29 is 24.2 Å². The average molecular weight is 462 g/mol. The fourth-order valence-electron chi connectivity index (χ4n) is 5.88. The van der Waals surface area contributed by atoms with Gasteiger partial charge in [-0.15, -0.1) is 0 Å². The number of benzene rings is 2. The third-order valence-electron chi connectivity index (χ3n) is 7.32. The van der Waals surface area contributed by atoms with E-state index in [2.05, 4.69) is 13.8 Å². The average Bonchev–Trinajstić information content (AvgIpc) is 3.09. The summed E-state index contributed by atoms with van der Waals surface area (Å²) >= 11 is 0. The molecule has 3 aliphatic rings. The highest BCUT2D eigenvalue weighted by Gasteiger charge is 2.54. The Balaban J connectivity index is 1.61. The molecule has 2 aliphatic heterocycles. The summed E-state index contributed by atoms with van der Waals surface area (Å²) in [6.45, 7) is 6.87. The Morgan fingerprint density at radius 2 is 1.85 bits per heavy atom. The molecule has 1 saturated carbocycles. The van der Waals surface area contributed by atoms with Crippen molar-refractivity contribution >= 4 is 11.7 Å². The van der Waals surface area contributed by atoms with Gasteiger partial charge in [0.1, 0.15) is 6.10 Å². The number of Topliss-reactive ketones (excluding diaryl/α,β-unsaturated/α-hetero) is 1. The van der Waals surface area contributed by atoms with Gasteiger partial charge in [0.2, 0.25) is 0 Å². The second-order valence-corrected chi connectivity index (χ2v) is 9.83. The molecule has 0 radical (unpaired) electrons. The molecular formula is C28H31NO5. The summed E-state index contributed by atoms with van der Waals surface area (Å²) in [4.78, 5) is 29.4. The van der Waals surface area contributed by atoms with E-state index in [1.165, 1.54) is 0 Å². The predicted octanol–water partition coefficient (Wildman–Crippen LogP) is 4.78. The molecule has 178 valence electrons. The summed E-state index contributed by atoms with van der Waals surface area (Å²) < 4.78 is 12.0. The molecule has 1 aliphatic carbocycles. The van der Waals surface area contributed by atoms with Crippen molar-refractivity contribution in [2.45, 2.75) is 52.3 Å². The van der Waals surface area contributed by atoms with Gasteiger partial charge in [0, 0.05) is 6.54 Å². The van der Waals surface area contributed by atoms with Crippen LogP contribution in [-0.4, -0.2) is 34.4 Å². The van der Waals surface area contributed by atoms with Gasteiger partial charge in [-0.3, -0.25) is 9.59 Å². The molecule has 34 heavy (non-hydrogen) atoms. The van der Waals surface area contributed by atoms with E-state index in [0.717, 1.165) is 24.0 Å². The summed E-state index contributed by atoms with van der Waals surface area (Å²) in [6.07, 6.45) is 1.49. The second-order valence-electron chi connectivity index (χ2n) is 9.83. The molecule has 0 spiro atoms. The number of carbonyl (C=O) groups is 2. The zero-order chi connectivity index (χ0) is 24.0. The van der Waals surface area contributed by atoms with E-state index >= 15 is 0 Å². The number of fused-ring (bicyclic) bond motifs is 1. The van der Waals surface area contributed by atoms with Gasteiger partial charge in [-0.2, -0.15) is 0 Å². The van der Waals surface area contributed by atoms with E-state index in [0.29, 0.717) is 30.4 Å². The van der Waals surface area contributed by atoms with Gasteiger partial charge < -0.3 is 19.5 Å². The largest absolute Gasteiger partial charge is 0.504 e. The Morgan fingerprint density at radius 1 is 1.09 bits per heavy atom. The highest BCUT2D eigenvalue weighted by Crippen LogP contribution is 2.49. The summed E-state index contributed by atoms with van der Waals surface area (Å²) in [7, 11) is 0. The van der Waals surface area contributed by atoms with Crippen molar-refractivity contribution in [3.63, 3.8) is 0 Å². The summed E-state index contributed by atoms with van der Waals surface area (Å²) in [5.41, 5.74) is 2.14. The van der Waals surface area contributed by atoms with Gasteiger partial charge in [-0.1, -0.05) is 50.2 Å². The molecule has 1 N–H and O–H groups in total. The number of ketones is 1. The van der Waals surface area contributed by atoms with Crippen LogP contribution in [0.1, 0.15) is 50.8 Å². The summed E-state index contributed by atoms with van der Waals surface area (Å²) in [5, 5.41) is 10.2. The first-order valence-electron chi connectivity index (χ1n) is 12.1. The van der Waals surface area contributed by atoms with Crippen LogP contribution in [0.25, 0.3) is 0 Å². The van der Waals surface area contributed by atoms with Gasteiger partial charge >= 0.3 is 0 Å². The summed E-state index contributed by atoms with van der Waals surface area (Å²) in [6, 6.07) is 14.2. The van der Waals surface area contributed by atoms with Crippen LogP contribution >= 0.6 is 0 Å². The standard InChI is InChI=1S/C28H31NO5/c1-4-33-22-14-19(10-11-21(22)30)24-23-25(31)20-13-16(2)12-17(3)26(20)34-27(23)28(32)29(24)15-18-8-6-5-7-9-18/h5-11,14,16-17,20,24,26,30H,4,12-13,15H2,1-3H3. The number of aromatic hydroxyl groups is 1. The van der Waals surface area contributed by atoms with Gasteiger partial charge in [0.05, 0.1) is 24.1 Å². The highest BCUT2D eigenvalue weighted by atomic mass is 16.5. The molecule has 1 fully saturated rings. The molecule has 5 unspecified atom stereocenters. The molecule has 0 saturated heterocycles. The van der Waals surface area contributed by atoms with Crippen LogP contribution in [0.3, 0.4) is 0 Å². The molecule has 0 bridgehead atoms. The normalized spacial score (nSPS) is 28.4. The smallest absolute Gasteiger partial charge is 0.290 e. The van der Waals surface area contributed by atoms with Gasteiger partial charge in [-0.25, -0.2) is 0 Å². The first-order chi connectivity index (χ1) is 16.4. The van der Waals surface area contributed by atoms with Crippen molar-refractivity contribution in [2.75, 3.05) is 6.61 Å². The Kier molecular flexibility index (Phi) is 5.84. The van der Waals surface area contributed by atoms with Crippen molar-refractivity contribution in [3.8, 4) is 11.5 Å². The number of rotatable bonds is 5. The Labute approximate surface area is 200 Å². The minimum Gasteiger partial charge on any atom is -0.504 e. The SMILES string of the molecule is CCOc1cc(C2C3=C(OC4C(C)CC(C)CC4C3=O)C(=O)N2Cc2ccccc2)ccc1O. The lowest BCUT2D eigenvalue weighted by atomic mass is 9.70. The Morgan fingerprint density at radius 3 is 2.59 bits per heavy atom. The summed E-state index contributed by atoms with van der Waals surface area (Å²) in [5.74, 6) is 0.715. The lowest BCUT2D eigenvalue weighted by molar-refractivity contribution is -0.139. The van der Waals surface area contributed by atoms with Crippen LogP contribution in [-0.2, 0) is 20.9 Å². The molecular weight excluding hydrogens is 430 g/mol. The number of amides is 1. The zero-order valence-electron chi connectivity index (χ0n) is 19.9. The van der Waals surface area contributed by atoms with Crippen LogP contribution in [0.2, 0.25) is 0 Å². The van der Waals surface area contributed by atoms with E-state index in [4.69, 9.17) is 9.47 Å². The first-order valence-corrected chi connectivity index (χ1v) is 12.1. The monoisotopic (exact) mass is 461 g/mol. The molecule has 0 aromatic heterocycles. The van der Waals surface area contributed by atoms with Crippen molar-refractivity contribution in [1.82, 2.24) is 4.90 Å². The van der Waals surface area contributed by atoms with Gasteiger partial charge in [0.25, 0.3) is 5.91 Å². The van der Waals surface area contributed by atoms with E-state index in [-0.39, 0.29) is 41.1 Å². The van der Waals surface area contributed by atoms with Crippen LogP contribution < -0.4 is 4.74 Å². The minimum atomic E-state index is -0.594. The van der Waals surface area contributed by atoms with Crippen LogP contribution in [0, 0.1) is 17.8 Å². The van der Waals surface area contributed by atoms with Crippen LogP contribution in [0.5, 0.6) is 11.5 Å². The molecule has 2 heterocycles. The fraction of sp³-hybridized carbons (Fsp3) is 0.429. The maximum atomic E-state index is 13.9. The van der Waals surface area contributed by atoms with E-state index in [1.807, 2.05) is 37.3 Å². The number of phenolic OH excluding ortho intramolecular Hbond substituents is 1. The molecule has 5 rings (SSSR count). The zero-order valence-corrected chi connectivity index (χ0v) is 19.9. The number of ether oxygens (including phenoxy) is 2. The quantitative estimate of drug-likeness (QED) is 0.694. The molecule has 6 nitrogen and oxygen atoms in total. The van der Waals surface area contributed by atoms with E-state index < -0.39 is 6.04 Å². The Bertz CT molecular complexity index is 1140. The van der Waals surface area contributed by atoms with Crippen molar-refractivity contribution in [2.24, 2.45) is 17.8 Å². The third kappa shape index (κ3) is 3.75. The van der Waals surface area contributed by atoms with E-state index in [9.17, 15) is 14.7 Å². The van der Waals surface area contributed by atoms with Crippen molar-refractivity contribution in [3.05, 3.63) is 71.0 Å². The number of carbonyl (C=O) groups excluding carboxylic acids is 2. The van der Waals surface area contributed by atoms with Crippen LogP contribution in [0.15, 0.2) is 59.9 Å². The number of phenols is 1. The number of hydrogen-bond donors (Lipinski definition) is 1. The maximum absolute atomic E-state index is 13.9. The first kappa shape index (κ1) is 22.5. The van der Waals surface area contributed by atoms with Gasteiger partial charge in [0.15, 0.2) is 23.0 Å². The van der Waals surface area contributed by atoms with E-state index in [1.54, 1.807) is 23.1 Å². The van der Waals surface area contributed by atoms with Crippen molar-refractivity contribution in [1.29, 1.82) is 0 Å². The lowest BCUT2D eigenvalue weighted by Crippen LogP contribution is -2.45. The molecule has 2 aromatic rings. The predicted molar refractivity (Wildman–Crippen MR) is 127 cm³/mol. The molecule has 6 heteroatoms. The third-order valence-corrected chi connectivity index (χ3v) is 7.32. The fourth-order valence-corrected chi connectivity index (χ4v) is 5.88. The Hall–Kier alpha value is -3.28. The highest BCUT2D eigenvalue weighted by molar-refractivity contribution is 6.11. The maximum Gasteiger partial charge on any atom is 0.290 e. The number of hydrogen-bond acceptors (Lipinski definition) is 5. The van der Waals surface area contributed by atoms with Crippen LogP contribution in [0.4, 0.5) is 0 Å². The lowest BCUT2D eigenvalue weighted by Gasteiger charge is -2.41. The molecule has 1 amide bonds. The van der Waals surface area contributed by atoms with Gasteiger partial charge in [-0.05, 0) is 54.9 Å². The minimum absolute atomic E-state index is 0.0181. The molecule has 5 atom stereocenters. The molecule has 2 aromatic carbocycles.